The molecule has 3 heterocycles. The van der Waals surface area contributed by atoms with Gasteiger partial charge >= 0.3 is 0 Å². The molecule has 0 N–H and O–H groups in total. The molecule has 10 heteroatoms. The molecule has 9 nitrogen and oxygen atoms in total. The second-order valence-corrected chi connectivity index (χ2v) is 10.4. The molecule has 1 saturated heterocycles. The summed E-state index contributed by atoms with van der Waals surface area (Å²) in [4.78, 5) is 41.3. The maximum Gasteiger partial charge on any atom is 0.274 e. The first-order valence-corrected chi connectivity index (χ1v) is 13.1. The number of sulfone groups is 1. The van der Waals surface area contributed by atoms with E-state index in [1.54, 1.807) is 58.5 Å². The molecule has 0 spiro atoms. The van der Waals surface area contributed by atoms with E-state index in [4.69, 9.17) is 0 Å². The SMILES string of the molecule is O=C(c1ccc(CS(=O)(=O)c2cccc3cccnc23)cc1)N1CCN(C(=O)c2cnccn2)CC1. The summed E-state index contributed by atoms with van der Waals surface area (Å²) in [6, 6.07) is 15.3. The van der Waals surface area contributed by atoms with Gasteiger partial charge in [0, 0.05) is 55.7 Å². The monoisotopic (exact) mass is 501 g/mol. The Morgan fingerprint density at radius 2 is 1.47 bits per heavy atom. The minimum absolute atomic E-state index is 0.158. The number of aromatic nitrogens is 3. The van der Waals surface area contributed by atoms with E-state index in [1.165, 1.54) is 18.6 Å². The van der Waals surface area contributed by atoms with E-state index in [1.807, 2.05) is 12.1 Å². The average molecular weight is 502 g/mol. The number of carbonyl (C=O) groups excluding carboxylic acids is 2. The molecule has 36 heavy (non-hydrogen) atoms. The molecule has 1 aliphatic rings. The Balaban J connectivity index is 1.23. The Labute approximate surface area is 208 Å². The summed E-state index contributed by atoms with van der Waals surface area (Å²) in [5.74, 6) is -0.559. The van der Waals surface area contributed by atoms with Gasteiger partial charge in [0.25, 0.3) is 11.8 Å². The molecule has 2 aromatic carbocycles. The topological polar surface area (TPSA) is 113 Å². The quantitative estimate of drug-likeness (QED) is 0.413. The molecule has 2 amide bonds. The van der Waals surface area contributed by atoms with Crippen molar-refractivity contribution < 1.29 is 18.0 Å². The number of para-hydroxylation sites is 1. The average Bonchev–Trinajstić information content (AvgIpc) is 2.93. The highest BCUT2D eigenvalue weighted by molar-refractivity contribution is 7.90. The minimum Gasteiger partial charge on any atom is -0.335 e. The van der Waals surface area contributed by atoms with Gasteiger partial charge in [0.05, 0.1) is 22.4 Å². The Hall–Kier alpha value is -4.18. The number of piperazine rings is 1. The standard InChI is InChI=1S/C26H23N5O4S/c32-25(30-13-15-31(16-14-30)26(33)22-17-27-11-12-28-22)21-8-6-19(7-9-21)18-36(34,35)23-5-1-3-20-4-2-10-29-24(20)23/h1-12,17H,13-16,18H2. The highest BCUT2D eigenvalue weighted by atomic mass is 32.2. The number of hydrogen-bond donors (Lipinski definition) is 0. The summed E-state index contributed by atoms with van der Waals surface area (Å²) in [6.45, 7) is 1.59. The van der Waals surface area contributed by atoms with Crippen LogP contribution in [0.15, 0.2) is 84.3 Å². The summed E-state index contributed by atoms with van der Waals surface area (Å²) >= 11 is 0. The number of benzene rings is 2. The van der Waals surface area contributed by atoms with Crippen molar-refractivity contribution in [3.8, 4) is 0 Å². The van der Waals surface area contributed by atoms with Crippen LogP contribution < -0.4 is 0 Å². The summed E-state index contributed by atoms with van der Waals surface area (Å²) in [5.41, 5.74) is 1.78. The van der Waals surface area contributed by atoms with Gasteiger partial charge in [-0.1, -0.05) is 30.3 Å². The van der Waals surface area contributed by atoms with Gasteiger partial charge in [0.2, 0.25) is 0 Å². The lowest BCUT2D eigenvalue weighted by Crippen LogP contribution is -2.50. The van der Waals surface area contributed by atoms with Crippen LogP contribution in [0.4, 0.5) is 0 Å². The van der Waals surface area contributed by atoms with Crippen LogP contribution in [0.5, 0.6) is 0 Å². The number of nitrogens with zero attached hydrogens (tertiary/aromatic N) is 5. The van der Waals surface area contributed by atoms with Crippen LogP contribution in [0.2, 0.25) is 0 Å². The van der Waals surface area contributed by atoms with E-state index >= 15 is 0 Å². The Bertz CT molecular complexity index is 1510. The van der Waals surface area contributed by atoms with Gasteiger partial charge in [-0.05, 0) is 29.8 Å². The van der Waals surface area contributed by atoms with Crippen molar-refractivity contribution >= 4 is 32.6 Å². The maximum atomic E-state index is 13.1. The molecule has 0 atom stereocenters. The lowest BCUT2D eigenvalue weighted by atomic mass is 10.1. The van der Waals surface area contributed by atoms with Crippen LogP contribution in [0.1, 0.15) is 26.4 Å². The zero-order chi connectivity index (χ0) is 25.1. The van der Waals surface area contributed by atoms with Crippen molar-refractivity contribution in [2.45, 2.75) is 10.6 Å². The molecule has 0 saturated carbocycles. The van der Waals surface area contributed by atoms with E-state index in [0.717, 1.165) is 5.39 Å². The Morgan fingerprint density at radius 1 is 0.778 bits per heavy atom. The van der Waals surface area contributed by atoms with Crippen LogP contribution in [-0.2, 0) is 15.6 Å². The minimum atomic E-state index is -3.64. The van der Waals surface area contributed by atoms with Gasteiger partial charge in [-0.25, -0.2) is 13.4 Å². The third-order valence-electron chi connectivity index (χ3n) is 6.12. The van der Waals surface area contributed by atoms with Crippen LogP contribution in [-0.4, -0.2) is 71.2 Å². The number of amides is 2. The second kappa shape index (κ2) is 9.82. The lowest BCUT2D eigenvalue weighted by Gasteiger charge is -2.34. The zero-order valence-corrected chi connectivity index (χ0v) is 20.1. The number of carbonyl (C=O) groups is 2. The third kappa shape index (κ3) is 4.80. The predicted molar refractivity (Wildman–Crippen MR) is 133 cm³/mol. The van der Waals surface area contributed by atoms with Crippen LogP contribution in [0.25, 0.3) is 10.9 Å². The molecule has 0 radical (unpaired) electrons. The van der Waals surface area contributed by atoms with Crippen LogP contribution in [0.3, 0.4) is 0 Å². The van der Waals surface area contributed by atoms with Gasteiger partial charge in [0.1, 0.15) is 5.69 Å². The lowest BCUT2D eigenvalue weighted by molar-refractivity contribution is 0.0532. The molecule has 182 valence electrons. The van der Waals surface area contributed by atoms with Crippen molar-refractivity contribution in [3.63, 3.8) is 0 Å². The first-order valence-electron chi connectivity index (χ1n) is 11.4. The van der Waals surface area contributed by atoms with Crippen molar-refractivity contribution in [2.75, 3.05) is 26.2 Å². The fraction of sp³-hybridized carbons (Fsp3) is 0.192. The number of fused-ring (bicyclic) bond motifs is 1. The van der Waals surface area contributed by atoms with Crippen LogP contribution in [0, 0.1) is 0 Å². The van der Waals surface area contributed by atoms with E-state index in [0.29, 0.717) is 42.8 Å². The summed E-state index contributed by atoms with van der Waals surface area (Å²) in [6.07, 6.45) is 5.99. The van der Waals surface area contributed by atoms with Gasteiger partial charge in [-0.2, -0.15) is 0 Å². The van der Waals surface area contributed by atoms with Gasteiger partial charge in [0.15, 0.2) is 9.84 Å². The fourth-order valence-corrected chi connectivity index (χ4v) is 5.77. The third-order valence-corrected chi connectivity index (χ3v) is 7.84. The number of rotatable bonds is 5. The van der Waals surface area contributed by atoms with Crippen molar-refractivity contribution in [1.82, 2.24) is 24.8 Å². The molecule has 1 fully saturated rings. The van der Waals surface area contributed by atoms with Gasteiger partial charge < -0.3 is 9.80 Å². The second-order valence-electron chi connectivity index (χ2n) is 8.46. The zero-order valence-electron chi connectivity index (χ0n) is 19.3. The summed E-state index contributed by atoms with van der Waals surface area (Å²) in [5, 5.41) is 0.762. The highest BCUT2D eigenvalue weighted by Gasteiger charge is 2.26. The largest absolute Gasteiger partial charge is 0.335 e. The molecule has 2 aromatic heterocycles. The highest BCUT2D eigenvalue weighted by Crippen LogP contribution is 2.24. The van der Waals surface area contributed by atoms with Gasteiger partial charge in [-0.3, -0.25) is 19.6 Å². The van der Waals surface area contributed by atoms with Crippen molar-refractivity contribution in [1.29, 1.82) is 0 Å². The summed E-state index contributed by atoms with van der Waals surface area (Å²) < 4.78 is 26.2. The summed E-state index contributed by atoms with van der Waals surface area (Å²) in [7, 11) is -3.64. The molecule has 0 bridgehead atoms. The maximum absolute atomic E-state index is 13.1. The smallest absolute Gasteiger partial charge is 0.274 e. The van der Waals surface area contributed by atoms with Crippen LogP contribution >= 0.6 is 0 Å². The predicted octanol–water partition coefficient (Wildman–Crippen LogP) is 2.60. The van der Waals surface area contributed by atoms with E-state index in [9.17, 15) is 18.0 Å². The van der Waals surface area contributed by atoms with Crippen molar-refractivity contribution in [3.05, 3.63) is 96.2 Å². The molecule has 4 aromatic rings. The molecule has 0 aliphatic carbocycles. The molecule has 0 unspecified atom stereocenters. The Morgan fingerprint density at radius 3 is 2.17 bits per heavy atom. The molecule has 1 aliphatic heterocycles. The van der Waals surface area contributed by atoms with Crippen molar-refractivity contribution in [2.24, 2.45) is 0 Å². The number of hydrogen-bond acceptors (Lipinski definition) is 7. The number of pyridine rings is 1. The molecular weight excluding hydrogens is 478 g/mol. The van der Waals surface area contributed by atoms with E-state index in [2.05, 4.69) is 15.0 Å². The molecule has 5 rings (SSSR count). The van der Waals surface area contributed by atoms with Gasteiger partial charge in [-0.15, -0.1) is 0 Å². The van der Waals surface area contributed by atoms with E-state index in [-0.39, 0.29) is 28.2 Å². The first kappa shape index (κ1) is 23.6. The first-order chi connectivity index (χ1) is 17.4. The fourth-order valence-electron chi connectivity index (χ4n) is 4.23. The molecular formula is C26H23N5O4S. The Kier molecular flexibility index (Phi) is 6.43. The normalized spacial score (nSPS) is 14.1. The van der Waals surface area contributed by atoms with E-state index < -0.39 is 9.84 Å².